The zero-order chi connectivity index (χ0) is 14.5. The molecule has 0 amide bonds. The number of benzene rings is 1. The zero-order valence-corrected chi connectivity index (χ0v) is 12.4. The summed E-state index contributed by atoms with van der Waals surface area (Å²) < 4.78 is 0. The highest BCUT2D eigenvalue weighted by atomic mass is 16.3. The highest BCUT2D eigenvalue weighted by Gasteiger charge is 2.14. The number of nitrogens with zero attached hydrogens (tertiary/aromatic N) is 2. The van der Waals surface area contributed by atoms with Crippen molar-refractivity contribution in [1.82, 2.24) is 15.1 Å². The lowest BCUT2D eigenvalue weighted by atomic mass is 10.1. The lowest BCUT2D eigenvalue weighted by molar-refractivity contribution is 0.102. The first kappa shape index (κ1) is 14.8. The first-order valence-corrected chi connectivity index (χ1v) is 7.08. The van der Waals surface area contributed by atoms with Crippen LogP contribution < -0.4 is 0 Å². The van der Waals surface area contributed by atoms with Gasteiger partial charge in [-0.05, 0) is 26.8 Å². The van der Waals surface area contributed by atoms with Crippen molar-refractivity contribution >= 4 is 0 Å². The Labute approximate surface area is 120 Å². The summed E-state index contributed by atoms with van der Waals surface area (Å²) in [7, 11) is 0. The van der Waals surface area contributed by atoms with E-state index in [1.54, 1.807) is 0 Å². The van der Waals surface area contributed by atoms with Gasteiger partial charge in [-0.2, -0.15) is 5.10 Å². The second-order valence-corrected chi connectivity index (χ2v) is 5.52. The first-order chi connectivity index (χ1) is 9.56. The molecule has 0 bridgehead atoms. The van der Waals surface area contributed by atoms with Crippen LogP contribution in [0.5, 0.6) is 0 Å². The summed E-state index contributed by atoms with van der Waals surface area (Å²) >= 11 is 0. The molecule has 2 aromatic rings. The van der Waals surface area contributed by atoms with Gasteiger partial charge in [-0.1, -0.05) is 30.3 Å². The fraction of sp³-hybridized carbons (Fsp3) is 0.438. The molecule has 1 aromatic heterocycles. The van der Waals surface area contributed by atoms with Crippen molar-refractivity contribution in [3.63, 3.8) is 0 Å². The molecule has 0 spiro atoms. The van der Waals surface area contributed by atoms with Crippen LogP contribution in [0, 0.1) is 0 Å². The smallest absolute Gasteiger partial charge is 0.0924 e. The van der Waals surface area contributed by atoms with E-state index in [0.717, 1.165) is 23.5 Å². The average Bonchev–Trinajstić information content (AvgIpc) is 2.87. The van der Waals surface area contributed by atoms with Crippen LogP contribution in [0.15, 0.2) is 36.4 Å². The Morgan fingerprint density at radius 2 is 1.90 bits per heavy atom. The summed E-state index contributed by atoms with van der Waals surface area (Å²) in [6.45, 7) is 7.52. The van der Waals surface area contributed by atoms with Gasteiger partial charge in [0.15, 0.2) is 0 Å². The third kappa shape index (κ3) is 3.92. The normalized spacial score (nSPS) is 13.1. The van der Waals surface area contributed by atoms with E-state index in [4.69, 9.17) is 0 Å². The first-order valence-electron chi connectivity index (χ1n) is 7.08. The second kappa shape index (κ2) is 6.68. The van der Waals surface area contributed by atoms with Crippen LogP contribution in [0.3, 0.4) is 0 Å². The number of hydrogen-bond donors (Lipinski definition) is 2. The summed E-state index contributed by atoms with van der Waals surface area (Å²) in [5, 5.41) is 17.0. The molecule has 108 valence electrons. The SMILES string of the molecule is CC(O)CN(Cc1cc(-c2ccccc2)n[nH]1)C(C)C. The van der Waals surface area contributed by atoms with Gasteiger partial charge in [-0.15, -0.1) is 0 Å². The van der Waals surface area contributed by atoms with Gasteiger partial charge in [0, 0.05) is 30.4 Å². The molecule has 0 aliphatic rings. The number of nitrogens with one attached hydrogen (secondary N) is 1. The van der Waals surface area contributed by atoms with Crippen LogP contribution in [-0.4, -0.2) is 38.9 Å². The van der Waals surface area contributed by atoms with Crippen LogP contribution in [0.4, 0.5) is 0 Å². The molecule has 20 heavy (non-hydrogen) atoms. The van der Waals surface area contributed by atoms with Crippen molar-refractivity contribution in [3.05, 3.63) is 42.1 Å². The van der Waals surface area contributed by atoms with Gasteiger partial charge < -0.3 is 5.11 Å². The van der Waals surface area contributed by atoms with Gasteiger partial charge in [-0.3, -0.25) is 10.00 Å². The second-order valence-electron chi connectivity index (χ2n) is 5.52. The molecule has 0 radical (unpaired) electrons. The van der Waals surface area contributed by atoms with E-state index in [0.29, 0.717) is 12.6 Å². The van der Waals surface area contributed by atoms with E-state index >= 15 is 0 Å². The quantitative estimate of drug-likeness (QED) is 0.850. The molecule has 4 heteroatoms. The van der Waals surface area contributed by atoms with Gasteiger partial charge in [-0.25, -0.2) is 0 Å². The third-order valence-electron chi connectivity index (χ3n) is 3.30. The zero-order valence-electron chi connectivity index (χ0n) is 12.4. The lowest BCUT2D eigenvalue weighted by Gasteiger charge is -2.26. The Hall–Kier alpha value is -1.65. The monoisotopic (exact) mass is 273 g/mol. The van der Waals surface area contributed by atoms with Gasteiger partial charge in [0.1, 0.15) is 0 Å². The summed E-state index contributed by atoms with van der Waals surface area (Å²) in [6, 6.07) is 12.6. The number of aromatic nitrogens is 2. The van der Waals surface area contributed by atoms with E-state index < -0.39 is 0 Å². The average molecular weight is 273 g/mol. The number of rotatable bonds is 6. The van der Waals surface area contributed by atoms with Crippen molar-refractivity contribution in [2.24, 2.45) is 0 Å². The Bertz CT molecular complexity index is 520. The van der Waals surface area contributed by atoms with E-state index in [9.17, 15) is 5.11 Å². The van der Waals surface area contributed by atoms with E-state index in [1.807, 2.05) is 25.1 Å². The number of aliphatic hydroxyl groups excluding tert-OH is 1. The summed E-state index contributed by atoms with van der Waals surface area (Å²) in [5.74, 6) is 0. The fourth-order valence-electron chi connectivity index (χ4n) is 2.22. The molecule has 1 atom stereocenters. The molecule has 2 N–H and O–H groups in total. The Morgan fingerprint density at radius 1 is 1.20 bits per heavy atom. The Morgan fingerprint density at radius 3 is 2.50 bits per heavy atom. The van der Waals surface area contributed by atoms with Gasteiger partial charge in [0.25, 0.3) is 0 Å². The van der Waals surface area contributed by atoms with Crippen molar-refractivity contribution in [1.29, 1.82) is 0 Å². The summed E-state index contributed by atoms with van der Waals surface area (Å²) in [5.41, 5.74) is 3.14. The Balaban J connectivity index is 2.08. The number of aliphatic hydroxyl groups is 1. The predicted molar refractivity (Wildman–Crippen MR) is 81.3 cm³/mol. The maximum atomic E-state index is 9.57. The van der Waals surface area contributed by atoms with E-state index in [1.165, 1.54) is 0 Å². The van der Waals surface area contributed by atoms with Crippen LogP contribution in [0.2, 0.25) is 0 Å². The van der Waals surface area contributed by atoms with Crippen molar-refractivity contribution in [2.45, 2.75) is 39.5 Å². The highest BCUT2D eigenvalue weighted by molar-refractivity contribution is 5.58. The molecule has 4 nitrogen and oxygen atoms in total. The summed E-state index contributed by atoms with van der Waals surface area (Å²) in [6.07, 6.45) is -0.325. The molecule has 1 aromatic carbocycles. The molecule has 0 aliphatic heterocycles. The number of H-pyrrole nitrogens is 1. The maximum absolute atomic E-state index is 9.57. The topological polar surface area (TPSA) is 52.1 Å². The van der Waals surface area contributed by atoms with E-state index in [-0.39, 0.29) is 6.10 Å². The number of hydrogen-bond acceptors (Lipinski definition) is 3. The van der Waals surface area contributed by atoms with Crippen LogP contribution in [0.1, 0.15) is 26.5 Å². The van der Waals surface area contributed by atoms with E-state index in [2.05, 4.69) is 47.1 Å². The van der Waals surface area contributed by atoms with Crippen LogP contribution >= 0.6 is 0 Å². The molecule has 0 fully saturated rings. The molecule has 0 saturated heterocycles. The summed E-state index contributed by atoms with van der Waals surface area (Å²) in [4.78, 5) is 2.23. The van der Waals surface area contributed by atoms with Crippen molar-refractivity contribution in [3.8, 4) is 11.3 Å². The maximum Gasteiger partial charge on any atom is 0.0924 e. The lowest BCUT2D eigenvalue weighted by Crippen LogP contribution is -2.36. The Kier molecular flexibility index (Phi) is 4.93. The van der Waals surface area contributed by atoms with Gasteiger partial charge in [0.2, 0.25) is 0 Å². The molecule has 0 aliphatic carbocycles. The van der Waals surface area contributed by atoms with Gasteiger partial charge in [0.05, 0.1) is 11.8 Å². The largest absolute Gasteiger partial charge is 0.392 e. The van der Waals surface area contributed by atoms with Crippen molar-refractivity contribution < 1.29 is 5.11 Å². The number of aromatic amines is 1. The third-order valence-corrected chi connectivity index (χ3v) is 3.30. The highest BCUT2D eigenvalue weighted by Crippen LogP contribution is 2.18. The van der Waals surface area contributed by atoms with Crippen molar-refractivity contribution in [2.75, 3.05) is 6.54 Å². The molecule has 1 heterocycles. The standard InChI is InChI=1S/C16H23N3O/c1-12(2)19(10-13(3)20)11-15-9-16(18-17-15)14-7-5-4-6-8-14/h4-9,12-13,20H,10-11H2,1-3H3,(H,17,18). The predicted octanol–water partition coefficient (Wildman–Crippen LogP) is 2.67. The van der Waals surface area contributed by atoms with Crippen LogP contribution in [0.25, 0.3) is 11.3 Å². The fourth-order valence-corrected chi connectivity index (χ4v) is 2.22. The molecule has 2 rings (SSSR count). The molecular formula is C16H23N3O. The minimum Gasteiger partial charge on any atom is -0.392 e. The van der Waals surface area contributed by atoms with Gasteiger partial charge >= 0.3 is 0 Å². The minimum absolute atomic E-state index is 0.325. The molecule has 1 unspecified atom stereocenters. The molecule has 0 saturated carbocycles. The molecular weight excluding hydrogens is 250 g/mol. The van der Waals surface area contributed by atoms with Crippen LogP contribution in [-0.2, 0) is 6.54 Å². The minimum atomic E-state index is -0.325.